The van der Waals surface area contributed by atoms with E-state index in [1.807, 2.05) is 0 Å². The fourth-order valence-corrected chi connectivity index (χ4v) is 0.846. The zero-order valence-electron chi connectivity index (χ0n) is 6.36. The third kappa shape index (κ3) is 2.84. The fraction of sp³-hybridized carbons (Fsp3) is 0.125. The molecule has 64 valence electrons. The van der Waals surface area contributed by atoms with Crippen LogP contribution >= 0.6 is 12.6 Å². The third-order valence-electron chi connectivity index (χ3n) is 1.22. The molecular formula is C8H9NO2S. The van der Waals surface area contributed by atoms with Crippen LogP contribution in [-0.2, 0) is 4.79 Å². The summed E-state index contributed by atoms with van der Waals surface area (Å²) in [6.07, 6.45) is 0. The smallest absolute Gasteiger partial charge is 0.255 e. The summed E-state index contributed by atoms with van der Waals surface area (Å²) in [6, 6.07) is 7.01. The fourth-order valence-electron chi connectivity index (χ4n) is 0.697. The molecule has 0 fully saturated rings. The number of rotatable bonds is 3. The first kappa shape index (κ1) is 8.93. The minimum Gasteiger partial charge on any atom is -0.484 e. The van der Waals surface area contributed by atoms with E-state index in [1.54, 1.807) is 24.3 Å². The lowest BCUT2D eigenvalue weighted by molar-refractivity contribution is -0.119. The molecule has 1 rings (SSSR count). The number of thiol groups is 1. The van der Waals surface area contributed by atoms with Gasteiger partial charge in [-0.2, -0.15) is 0 Å². The molecule has 0 saturated carbocycles. The largest absolute Gasteiger partial charge is 0.484 e. The molecule has 1 aromatic rings. The molecule has 2 N–H and O–H groups in total. The van der Waals surface area contributed by atoms with Crippen molar-refractivity contribution in [2.24, 2.45) is 5.73 Å². The Bertz CT molecular complexity index is 271. The number of carbonyl (C=O) groups is 1. The number of ether oxygens (including phenoxy) is 1. The summed E-state index contributed by atoms with van der Waals surface area (Å²) in [7, 11) is 0. The number of hydrogen-bond acceptors (Lipinski definition) is 3. The van der Waals surface area contributed by atoms with Gasteiger partial charge in [0.15, 0.2) is 6.61 Å². The summed E-state index contributed by atoms with van der Waals surface area (Å²) in [5, 5.41) is 0. The van der Waals surface area contributed by atoms with E-state index < -0.39 is 5.91 Å². The topological polar surface area (TPSA) is 52.3 Å². The van der Waals surface area contributed by atoms with E-state index in [4.69, 9.17) is 10.5 Å². The molecule has 3 nitrogen and oxygen atoms in total. The van der Waals surface area contributed by atoms with Gasteiger partial charge in [0.25, 0.3) is 5.91 Å². The van der Waals surface area contributed by atoms with E-state index >= 15 is 0 Å². The highest BCUT2D eigenvalue weighted by molar-refractivity contribution is 7.80. The molecule has 12 heavy (non-hydrogen) atoms. The molecule has 0 radical (unpaired) electrons. The molecule has 0 spiro atoms. The van der Waals surface area contributed by atoms with Gasteiger partial charge < -0.3 is 10.5 Å². The molecular weight excluding hydrogens is 174 g/mol. The number of nitrogens with two attached hydrogens (primary N) is 1. The molecule has 1 aromatic carbocycles. The lowest BCUT2D eigenvalue weighted by Gasteiger charge is -2.02. The number of amides is 1. The highest BCUT2D eigenvalue weighted by Gasteiger charge is 1.95. The highest BCUT2D eigenvalue weighted by atomic mass is 32.1. The van der Waals surface area contributed by atoms with Crippen molar-refractivity contribution in [2.75, 3.05) is 6.61 Å². The molecule has 0 heterocycles. The molecule has 0 unspecified atom stereocenters. The van der Waals surface area contributed by atoms with E-state index in [9.17, 15) is 4.79 Å². The number of hydrogen-bond donors (Lipinski definition) is 2. The summed E-state index contributed by atoms with van der Waals surface area (Å²) < 4.78 is 5.01. The monoisotopic (exact) mass is 183 g/mol. The van der Waals surface area contributed by atoms with Crippen molar-refractivity contribution in [1.82, 2.24) is 0 Å². The van der Waals surface area contributed by atoms with Crippen LogP contribution in [0.25, 0.3) is 0 Å². The normalized spacial score (nSPS) is 9.42. The van der Waals surface area contributed by atoms with Gasteiger partial charge in [-0.3, -0.25) is 4.79 Å². The van der Waals surface area contributed by atoms with E-state index in [1.165, 1.54) is 0 Å². The van der Waals surface area contributed by atoms with E-state index in [0.717, 1.165) is 4.90 Å². The zero-order valence-corrected chi connectivity index (χ0v) is 7.25. The van der Waals surface area contributed by atoms with E-state index in [-0.39, 0.29) is 6.61 Å². The Kier molecular flexibility index (Phi) is 2.99. The van der Waals surface area contributed by atoms with Crippen LogP contribution in [0.4, 0.5) is 0 Å². The second-order valence-electron chi connectivity index (χ2n) is 2.25. The Morgan fingerprint density at radius 2 is 2.00 bits per heavy atom. The maximum atomic E-state index is 10.3. The summed E-state index contributed by atoms with van der Waals surface area (Å²) >= 11 is 4.09. The second kappa shape index (κ2) is 4.01. The highest BCUT2D eigenvalue weighted by Crippen LogP contribution is 2.13. The van der Waals surface area contributed by atoms with Crippen LogP contribution in [0.5, 0.6) is 5.75 Å². The molecule has 4 heteroatoms. The van der Waals surface area contributed by atoms with Crippen molar-refractivity contribution in [2.45, 2.75) is 4.90 Å². The van der Waals surface area contributed by atoms with Crippen molar-refractivity contribution in [1.29, 1.82) is 0 Å². The van der Waals surface area contributed by atoms with Gasteiger partial charge in [-0.15, -0.1) is 12.6 Å². The third-order valence-corrected chi connectivity index (χ3v) is 1.52. The number of carbonyl (C=O) groups excluding carboxylic acids is 1. The molecule has 1 amide bonds. The predicted octanol–water partition coefficient (Wildman–Crippen LogP) is 0.839. The zero-order chi connectivity index (χ0) is 8.97. The Morgan fingerprint density at radius 1 is 1.42 bits per heavy atom. The second-order valence-corrected chi connectivity index (χ2v) is 2.77. The Balaban J connectivity index is 2.53. The minimum atomic E-state index is -0.482. The van der Waals surface area contributed by atoms with Crippen molar-refractivity contribution in [3.8, 4) is 5.75 Å². The Hall–Kier alpha value is -1.16. The molecule has 0 aliphatic rings. The van der Waals surface area contributed by atoms with Crippen LogP contribution < -0.4 is 10.5 Å². The van der Waals surface area contributed by atoms with Gasteiger partial charge in [-0.05, 0) is 24.3 Å². The van der Waals surface area contributed by atoms with Crippen molar-refractivity contribution < 1.29 is 9.53 Å². The van der Waals surface area contributed by atoms with Crippen LogP contribution in [-0.4, -0.2) is 12.5 Å². The quantitative estimate of drug-likeness (QED) is 0.682. The van der Waals surface area contributed by atoms with E-state index in [0.29, 0.717) is 5.75 Å². The van der Waals surface area contributed by atoms with Crippen LogP contribution in [0.3, 0.4) is 0 Å². The van der Waals surface area contributed by atoms with Crippen LogP contribution in [0.1, 0.15) is 0 Å². The lowest BCUT2D eigenvalue weighted by atomic mass is 10.3. The SMILES string of the molecule is NC(=O)COc1ccc(S)cc1. The average Bonchev–Trinajstić information content (AvgIpc) is 2.03. The number of primary amides is 1. The van der Waals surface area contributed by atoms with Crippen LogP contribution in [0.2, 0.25) is 0 Å². The molecule has 0 atom stereocenters. The van der Waals surface area contributed by atoms with Gasteiger partial charge in [0.05, 0.1) is 0 Å². The first-order valence-electron chi connectivity index (χ1n) is 3.38. The van der Waals surface area contributed by atoms with Crippen molar-refractivity contribution in [3.05, 3.63) is 24.3 Å². The van der Waals surface area contributed by atoms with Gasteiger partial charge in [0.1, 0.15) is 5.75 Å². The first-order chi connectivity index (χ1) is 5.68. The Labute approximate surface area is 75.9 Å². The number of benzene rings is 1. The molecule has 0 bridgehead atoms. The lowest BCUT2D eigenvalue weighted by Crippen LogP contribution is -2.19. The van der Waals surface area contributed by atoms with Crippen molar-refractivity contribution in [3.63, 3.8) is 0 Å². The molecule has 0 aromatic heterocycles. The Morgan fingerprint density at radius 3 is 2.50 bits per heavy atom. The van der Waals surface area contributed by atoms with Crippen molar-refractivity contribution >= 4 is 18.5 Å². The van der Waals surface area contributed by atoms with Gasteiger partial charge in [-0.1, -0.05) is 0 Å². The summed E-state index contributed by atoms with van der Waals surface area (Å²) in [5.74, 6) is 0.136. The molecule has 0 aliphatic heterocycles. The first-order valence-corrected chi connectivity index (χ1v) is 3.83. The molecule has 0 aliphatic carbocycles. The van der Waals surface area contributed by atoms with Gasteiger partial charge in [0, 0.05) is 4.90 Å². The average molecular weight is 183 g/mol. The van der Waals surface area contributed by atoms with Gasteiger partial charge >= 0.3 is 0 Å². The standard InChI is InChI=1S/C8H9NO2S/c9-8(10)5-11-6-1-3-7(12)4-2-6/h1-4,12H,5H2,(H2,9,10). The minimum absolute atomic E-state index is 0.0914. The molecule has 0 saturated heterocycles. The summed E-state index contributed by atoms with van der Waals surface area (Å²) in [5.41, 5.74) is 4.89. The van der Waals surface area contributed by atoms with Gasteiger partial charge in [0.2, 0.25) is 0 Å². The summed E-state index contributed by atoms with van der Waals surface area (Å²) in [4.78, 5) is 11.2. The maximum absolute atomic E-state index is 10.3. The predicted molar refractivity (Wildman–Crippen MR) is 48.4 cm³/mol. The van der Waals surface area contributed by atoms with E-state index in [2.05, 4.69) is 12.6 Å². The summed E-state index contributed by atoms with van der Waals surface area (Å²) in [6.45, 7) is -0.0914. The van der Waals surface area contributed by atoms with Gasteiger partial charge in [-0.25, -0.2) is 0 Å². The maximum Gasteiger partial charge on any atom is 0.255 e. The van der Waals surface area contributed by atoms with Crippen LogP contribution in [0.15, 0.2) is 29.2 Å². The van der Waals surface area contributed by atoms with Crippen LogP contribution in [0, 0.1) is 0 Å².